The van der Waals surface area contributed by atoms with E-state index in [1.54, 1.807) is 49.0 Å². The van der Waals surface area contributed by atoms with Crippen LogP contribution in [0.5, 0.6) is 0 Å². The minimum Gasteiger partial charge on any atom is -0.371 e. The maximum absolute atomic E-state index is 14.2. The molecule has 10 heteroatoms. The van der Waals surface area contributed by atoms with E-state index in [1.807, 2.05) is 39.1 Å². The lowest BCUT2D eigenvalue weighted by atomic mass is 10.1. The number of hydrogen-bond donors (Lipinski definition) is 1. The minimum atomic E-state index is -0.396. The van der Waals surface area contributed by atoms with Gasteiger partial charge in [-0.15, -0.1) is 0 Å². The molecule has 48 heavy (non-hydrogen) atoms. The van der Waals surface area contributed by atoms with Crippen LogP contribution in [-0.2, 0) is 11.3 Å². The van der Waals surface area contributed by atoms with Crippen LogP contribution in [-0.4, -0.2) is 58.0 Å². The third kappa shape index (κ3) is 6.47. The molecule has 248 valence electrons. The van der Waals surface area contributed by atoms with Crippen molar-refractivity contribution in [1.82, 2.24) is 19.0 Å². The molecule has 0 bridgehead atoms. The fraction of sp³-hybridized carbons (Fsp3) is 0.316. The topological polar surface area (TPSA) is 92.5 Å². The fourth-order valence-electron chi connectivity index (χ4n) is 6.25. The highest BCUT2D eigenvalue weighted by molar-refractivity contribution is 5.95. The van der Waals surface area contributed by atoms with Gasteiger partial charge < -0.3 is 19.7 Å². The molecule has 1 atom stereocenters. The second kappa shape index (κ2) is 13.5. The van der Waals surface area contributed by atoms with Crippen LogP contribution in [0.3, 0.4) is 0 Å². The molecule has 0 unspecified atom stereocenters. The van der Waals surface area contributed by atoms with Crippen molar-refractivity contribution in [3.05, 3.63) is 106 Å². The number of anilines is 2. The molecular weight excluding hydrogens is 607 g/mol. The standard InChI is InChI=1S/C38H41FN6O3/c1-6-24(2)36(46)41-33-21-40-35(27-10-9-11-28(18-27)37(47)42(4)5)45(38(33)48)23-26-16-30(43-14-7-8-15-43)20-31(17-26)44-22-25(3)32-19-29(39)12-13-34(32)44/h9-13,16-22,24H,6-8,14-15,23H2,1-5H3,(H,41,46)/t24-/m1/s1. The van der Waals surface area contributed by atoms with E-state index in [-0.39, 0.29) is 35.8 Å². The number of aromatic nitrogens is 3. The average Bonchev–Trinajstić information content (AvgIpc) is 3.74. The van der Waals surface area contributed by atoms with Gasteiger partial charge in [0.1, 0.15) is 17.3 Å². The molecule has 1 aliphatic rings. The Hall–Kier alpha value is -5.25. The summed E-state index contributed by atoms with van der Waals surface area (Å²) in [5.41, 5.74) is 5.38. The van der Waals surface area contributed by atoms with E-state index in [1.165, 1.54) is 17.2 Å². The van der Waals surface area contributed by atoms with Gasteiger partial charge in [0.05, 0.1) is 18.3 Å². The Balaban J connectivity index is 1.51. The molecule has 9 nitrogen and oxygen atoms in total. The molecule has 1 N–H and O–H groups in total. The lowest BCUT2D eigenvalue weighted by Crippen LogP contribution is -2.30. The van der Waals surface area contributed by atoms with Crippen molar-refractivity contribution in [3.63, 3.8) is 0 Å². The summed E-state index contributed by atoms with van der Waals surface area (Å²) in [6, 6.07) is 18.1. The summed E-state index contributed by atoms with van der Waals surface area (Å²) in [6.45, 7) is 7.71. The number of nitrogens with one attached hydrogen (secondary N) is 1. The minimum absolute atomic E-state index is 0.0922. The predicted octanol–water partition coefficient (Wildman–Crippen LogP) is 6.64. The summed E-state index contributed by atoms with van der Waals surface area (Å²) >= 11 is 0. The van der Waals surface area contributed by atoms with Crippen LogP contribution in [0.2, 0.25) is 0 Å². The van der Waals surface area contributed by atoms with E-state index in [4.69, 9.17) is 4.98 Å². The van der Waals surface area contributed by atoms with Crippen LogP contribution in [0, 0.1) is 18.7 Å². The normalized spacial score (nSPS) is 13.6. The molecule has 5 aromatic rings. The summed E-state index contributed by atoms with van der Waals surface area (Å²) in [6.07, 6.45) is 6.23. The molecule has 1 fully saturated rings. The van der Waals surface area contributed by atoms with Crippen LogP contribution >= 0.6 is 0 Å². The number of rotatable bonds is 9. The molecule has 3 aromatic carbocycles. The van der Waals surface area contributed by atoms with Gasteiger partial charge in [-0.3, -0.25) is 19.0 Å². The lowest BCUT2D eigenvalue weighted by molar-refractivity contribution is -0.119. The van der Waals surface area contributed by atoms with E-state index >= 15 is 0 Å². The molecule has 0 radical (unpaired) electrons. The van der Waals surface area contributed by atoms with Crippen molar-refractivity contribution < 1.29 is 14.0 Å². The Morgan fingerprint density at radius 1 is 1.02 bits per heavy atom. The molecule has 2 aromatic heterocycles. The van der Waals surface area contributed by atoms with E-state index in [0.717, 1.165) is 59.3 Å². The van der Waals surface area contributed by atoms with Crippen LogP contribution in [0.1, 0.15) is 54.6 Å². The zero-order valence-corrected chi connectivity index (χ0v) is 28.1. The van der Waals surface area contributed by atoms with Gasteiger partial charge in [-0.25, -0.2) is 9.37 Å². The Labute approximate surface area is 279 Å². The van der Waals surface area contributed by atoms with Gasteiger partial charge in [0.2, 0.25) is 5.91 Å². The number of fused-ring (bicyclic) bond motifs is 1. The smallest absolute Gasteiger partial charge is 0.277 e. The Morgan fingerprint density at radius 2 is 1.77 bits per heavy atom. The van der Waals surface area contributed by atoms with Crippen molar-refractivity contribution in [2.75, 3.05) is 37.4 Å². The van der Waals surface area contributed by atoms with Crippen molar-refractivity contribution in [2.45, 2.75) is 46.6 Å². The molecule has 6 rings (SSSR count). The van der Waals surface area contributed by atoms with Crippen LogP contribution in [0.4, 0.5) is 15.8 Å². The summed E-state index contributed by atoms with van der Waals surface area (Å²) in [7, 11) is 3.38. The van der Waals surface area contributed by atoms with E-state index in [0.29, 0.717) is 23.4 Å². The quantitative estimate of drug-likeness (QED) is 0.194. The first-order chi connectivity index (χ1) is 23.0. The molecular formula is C38H41FN6O3. The number of carbonyl (C=O) groups excluding carboxylic acids is 2. The van der Waals surface area contributed by atoms with Crippen molar-refractivity contribution in [1.29, 1.82) is 0 Å². The van der Waals surface area contributed by atoms with Gasteiger partial charge in [0, 0.05) is 67.2 Å². The highest BCUT2D eigenvalue weighted by Crippen LogP contribution is 2.31. The molecule has 1 saturated heterocycles. The van der Waals surface area contributed by atoms with E-state index < -0.39 is 5.56 Å². The highest BCUT2D eigenvalue weighted by atomic mass is 19.1. The van der Waals surface area contributed by atoms with Gasteiger partial charge in [0.15, 0.2) is 0 Å². The zero-order chi connectivity index (χ0) is 34.1. The summed E-state index contributed by atoms with van der Waals surface area (Å²) in [5, 5.41) is 3.63. The monoisotopic (exact) mass is 648 g/mol. The van der Waals surface area contributed by atoms with Crippen LogP contribution in [0.15, 0.2) is 77.9 Å². The predicted molar refractivity (Wildman–Crippen MR) is 189 cm³/mol. The molecule has 1 aliphatic heterocycles. The van der Waals surface area contributed by atoms with Gasteiger partial charge in [-0.05, 0) is 85.8 Å². The molecule has 0 saturated carbocycles. The van der Waals surface area contributed by atoms with Crippen molar-refractivity contribution in [3.8, 4) is 17.1 Å². The second-order valence-corrected chi connectivity index (χ2v) is 12.9. The van der Waals surface area contributed by atoms with Gasteiger partial charge in [0.25, 0.3) is 11.5 Å². The van der Waals surface area contributed by atoms with Gasteiger partial charge >= 0.3 is 0 Å². The molecule has 2 amide bonds. The number of carbonyl (C=O) groups is 2. The van der Waals surface area contributed by atoms with Crippen molar-refractivity contribution in [2.24, 2.45) is 5.92 Å². The Kier molecular flexibility index (Phi) is 9.17. The molecule has 3 heterocycles. The number of nitrogens with zero attached hydrogens (tertiary/aromatic N) is 5. The zero-order valence-electron chi connectivity index (χ0n) is 28.1. The number of hydrogen-bond acceptors (Lipinski definition) is 5. The Morgan fingerprint density at radius 3 is 2.50 bits per heavy atom. The number of amides is 2. The summed E-state index contributed by atoms with van der Waals surface area (Å²) in [4.78, 5) is 48.5. The average molecular weight is 649 g/mol. The number of benzene rings is 3. The van der Waals surface area contributed by atoms with E-state index in [9.17, 15) is 18.8 Å². The van der Waals surface area contributed by atoms with E-state index in [2.05, 4.69) is 26.9 Å². The maximum Gasteiger partial charge on any atom is 0.277 e. The first kappa shape index (κ1) is 32.7. The van der Waals surface area contributed by atoms with Gasteiger partial charge in [-0.1, -0.05) is 26.0 Å². The van der Waals surface area contributed by atoms with Gasteiger partial charge in [-0.2, -0.15) is 0 Å². The summed E-state index contributed by atoms with van der Waals surface area (Å²) in [5.74, 6) is -0.606. The highest BCUT2D eigenvalue weighted by Gasteiger charge is 2.21. The molecule has 0 aliphatic carbocycles. The second-order valence-electron chi connectivity index (χ2n) is 12.9. The van der Waals surface area contributed by atoms with Crippen molar-refractivity contribution >= 4 is 34.1 Å². The molecule has 0 spiro atoms. The maximum atomic E-state index is 14.2. The lowest BCUT2D eigenvalue weighted by Gasteiger charge is -2.22. The van der Waals surface area contributed by atoms with Crippen LogP contribution < -0.4 is 15.8 Å². The third-order valence-corrected chi connectivity index (χ3v) is 9.16. The summed E-state index contributed by atoms with van der Waals surface area (Å²) < 4.78 is 17.8. The number of halogens is 1. The van der Waals surface area contributed by atoms with Crippen LogP contribution in [0.25, 0.3) is 28.0 Å². The number of aryl methyl sites for hydroxylation is 1. The first-order valence-corrected chi connectivity index (χ1v) is 16.4. The first-order valence-electron chi connectivity index (χ1n) is 16.4. The Bertz CT molecular complexity index is 2080. The largest absolute Gasteiger partial charge is 0.371 e. The SMILES string of the molecule is CC[C@@H](C)C(=O)Nc1cnc(-c2cccc(C(=O)N(C)C)c2)n(Cc2cc(N3CCCC3)cc(-n3cc(C)c4cc(F)ccc43)c2)c1=O. The fourth-order valence-corrected chi connectivity index (χ4v) is 6.25. The third-order valence-electron chi connectivity index (χ3n) is 9.16.